The van der Waals surface area contributed by atoms with Gasteiger partial charge in [-0.3, -0.25) is 0 Å². The van der Waals surface area contributed by atoms with E-state index in [4.69, 9.17) is 21.3 Å². The van der Waals surface area contributed by atoms with Gasteiger partial charge in [-0.15, -0.1) is 0 Å². The Hall–Kier alpha value is -2.17. The first-order chi connectivity index (χ1) is 15.8. The van der Waals surface area contributed by atoms with E-state index in [2.05, 4.69) is 9.55 Å². The largest absolute Gasteiger partial charge is 0.417 e. The van der Waals surface area contributed by atoms with Gasteiger partial charge in [-0.25, -0.2) is 18.4 Å². The molecule has 0 saturated carbocycles. The number of aromatic nitrogens is 3. The fraction of sp³-hybridized carbons (Fsp3) is 0.478. The highest BCUT2D eigenvalue weighted by Crippen LogP contribution is 2.35. The van der Waals surface area contributed by atoms with Gasteiger partial charge in [0, 0.05) is 31.4 Å². The summed E-state index contributed by atoms with van der Waals surface area (Å²) in [4.78, 5) is 8.15. The van der Waals surface area contributed by atoms with Crippen LogP contribution in [0.2, 0.25) is 5.02 Å². The normalized spacial score (nSPS) is 16.3. The van der Waals surface area contributed by atoms with E-state index in [-0.39, 0.29) is 10.3 Å². The Morgan fingerprint density at radius 3 is 2.41 bits per heavy atom. The second-order valence-corrected chi connectivity index (χ2v) is 11.8. The molecule has 1 saturated heterocycles. The molecule has 4 rings (SSSR count). The lowest BCUT2D eigenvalue weighted by atomic mass is 9.94. The Balaban J connectivity index is 1.78. The summed E-state index contributed by atoms with van der Waals surface area (Å²) in [7, 11) is -4.27. The van der Waals surface area contributed by atoms with E-state index in [1.165, 1.54) is 12.1 Å². The topological polar surface area (TPSA) is 74.1 Å². The molecule has 6 nitrogen and oxygen atoms in total. The number of imidazole rings is 1. The van der Waals surface area contributed by atoms with Crippen LogP contribution in [0.4, 0.5) is 13.2 Å². The van der Waals surface area contributed by atoms with Crippen molar-refractivity contribution in [3.8, 4) is 0 Å². The van der Waals surface area contributed by atoms with Crippen LogP contribution >= 0.6 is 11.6 Å². The predicted molar refractivity (Wildman–Crippen MR) is 122 cm³/mol. The third-order valence-electron chi connectivity index (χ3n) is 5.87. The van der Waals surface area contributed by atoms with Crippen LogP contribution < -0.4 is 0 Å². The molecule has 1 aliphatic heterocycles. The fourth-order valence-corrected chi connectivity index (χ4v) is 5.83. The molecule has 0 amide bonds. The number of hydrogen-bond acceptors (Lipinski definition) is 5. The zero-order valence-electron chi connectivity index (χ0n) is 19.0. The summed E-state index contributed by atoms with van der Waals surface area (Å²) in [6, 6.07) is 5.10. The molecular formula is C23H25ClF3N3O3S. The third-order valence-corrected chi connectivity index (χ3v) is 7.98. The first-order valence-electron chi connectivity index (χ1n) is 10.8. The monoisotopic (exact) mass is 515 g/mol. The van der Waals surface area contributed by atoms with E-state index >= 15 is 0 Å². The van der Waals surface area contributed by atoms with E-state index in [1.807, 2.05) is 20.8 Å². The maximum Gasteiger partial charge on any atom is 0.417 e. The van der Waals surface area contributed by atoms with Gasteiger partial charge in [0.25, 0.3) is 0 Å². The Bertz CT molecular complexity index is 1320. The second-order valence-electron chi connectivity index (χ2n) is 9.51. The molecule has 0 unspecified atom stereocenters. The van der Waals surface area contributed by atoms with E-state index in [0.717, 1.165) is 30.7 Å². The molecule has 34 heavy (non-hydrogen) atoms. The van der Waals surface area contributed by atoms with Gasteiger partial charge in [-0.05, 0) is 43.0 Å². The van der Waals surface area contributed by atoms with Gasteiger partial charge in [0.1, 0.15) is 5.82 Å². The van der Waals surface area contributed by atoms with Gasteiger partial charge in [0.15, 0.2) is 5.03 Å². The molecule has 0 radical (unpaired) electrons. The number of sulfone groups is 1. The van der Waals surface area contributed by atoms with Crippen LogP contribution in [0.25, 0.3) is 11.0 Å². The van der Waals surface area contributed by atoms with E-state index in [0.29, 0.717) is 36.9 Å². The smallest absolute Gasteiger partial charge is 0.381 e. The quantitative estimate of drug-likeness (QED) is 0.448. The van der Waals surface area contributed by atoms with Crippen LogP contribution in [-0.2, 0) is 32.7 Å². The summed E-state index contributed by atoms with van der Waals surface area (Å²) in [5.41, 5.74) is -0.127. The average molecular weight is 516 g/mol. The minimum absolute atomic E-state index is 0.134. The maximum atomic E-state index is 13.2. The minimum atomic E-state index is -4.68. The van der Waals surface area contributed by atoms with Crippen LogP contribution in [0, 0.1) is 5.92 Å². The standard InChI is InChI=1S/C23H25ClF3N3O3S/c1-22(2,3)21-29-18-11-16(4-5-19(18)30(21)13-14-6-8-33-9-7-14)34(31,32)20-17(24)10-15(12-28-20)23(25,26)27/h4-5,10-12,14H,6-9,13H2,1-3H3. The fourth-order valence-electron chi connectivity index (χ4n) is 4.11. The van der Waals surface area contributed by atoms with E-state index < -0.39 is 31.6 Å². The van der Waals surface area contributed by atoms with Crippen LogP contribution in [0.15, 0.2) is 40.4 Å². The van der Waals surface area contributed by atoms with Gasteiger partial charge in [0.2, 0.25) is 9.84 Å². The van der Waals surface area contributed by atoms with Crippen molar-refractivity contribution in [1.29, 1.82) is 0 Å². The molecular weight excluding hydrogens is 491 g/mol. The SMILES string of the molecule is CC(C)(C)c1nc2cc(S(=O)(=O)c3ncc(C(F)(F)F)cc3Cl)ccc2n1CC1CCOCC1. The highest BCUT2D eigenvalue weighted by atomic mass is 35.5. The van der Waals surface area contributed by atoms with Crippen molar-refractivity contribution < 1.29 is 26.3 Å². The van der Waals surface area contributed by atoms with Crippen LogP contribution in [0.1, 0.15) is 45.0 Å². The van der Waals surface area contributed by atoms with Crippen LogP contribution in [0.3, 0.4) is 0 Å². The van der Waals surface area contributed by atoms with Crippen molar-refractivity contribution in [3.05, 3.63) is 46.9 Å². The summed E-state index contributed by atoms with van der Waals surface area (Å²) < 4.78 is 72.8. The number of nitrogens with zero attached hydrogens (tertiary/aromatic N) is 3. The molecule has 3 heterocycles. The van der Waals surface area contributed by atoms with Crippen molar-refractivity contribution in [3.63, 3.8) is 0 Å². The molecule has 2 aromatic heterocycles. The third kappa shape index (κ3) is 4.81. The molecule has 0 N–H and O–H groups in total. The lowest BCUT2D eigenvalue weighted by Crippen LogP contribution is -2.25. The molecule has 3 aromatic rings. The zero-order valence-corrected chi connectivity index (χ0v) is 20.6. The highest BCUT2D eigenvalue weighted by Gasteiger charge is 2.34. The van der Waals surface area contributed by atoms with E-state index in [9.17, 15) is 21.6 Å². The molecule has 1 fully saturated rings. The number of halogens is 4. The zero-order chi connectivity index (χ0) is 24.9. The van der Waals surface area contributed by atoms with Crippen molar-refractivity contribution in [2.45, 2.75) is 61.7 Å². The average Bonchev–Trinajstić information content (AvgIpc) is 3.12. The minimum Gasteiger partial charge on any atom is -0.381 e. The molecule has 1 aromatic carbocycles. The Labute approximate surface area is 201 Å². The van der Waals surface area contributed by atoms with Crippen LogP contribution in [-0.4, -0.2) is 36.2 Å². The number of alkyl halides is 3. The molecule has 0 atom stereocenters. The Kier molecular flexibility index (Phi) is 6.46. The number of rotatable bonds is 4. The van der Waals surface area contributed by atoms with Gasteiger partial charge < -0.3 is 9.30 Å². The number of ether oxygens (including phenoxy) is 1. The van der Waals surface area contributed by atoms with Crippen molar-refractivity contribution in [2.24, 2.45) is 5.92 Å². The number of pyridine rings is 1. The molecule has 11 heteroatoms. The summed E-state index contributed by atoms with van der Waals surface area (Å²) in [6.07, 6.45) is -2.34. The first-order valence-corrected chi connectivity index (χ1v) is 12.7. The second kappa shape index (κ2) is 8.80. The maximum absolute atomic E-state index is 13.2. The lowest BCUT2D eigenvalue weighted by molar-refractivity contribution is -0.137. The molecule has 0 aliphatic carbocycles. The molecule has 0 spiro atoms. The van der Waals surface area contributed by atoms with Gasteiger partial charge in [-0.2, -0.15) is 13.2 Å². The molecule has 0 bridgehead atoms. The summed E-state index contributed by atoms with van der Waals surface area (Å²) >= 11 is 5.91. The van der Waals surface area contributed by atoms with Crippen molar-refractivity contribution in [2.75, 3.05) is 13.2 Å². The summed E-state index contributed by atoms with van der Waals surface area (Å²) in [6.45, 7) is 8.29. The number of benzene rings is 1. The molecule has 1 aliphatic rings. The summed E-state index contributed by atoms with van der Waals surface area (Å²) in [5.74, 6) is 1.25. The Morgan fingerprint density at radius 2 is 1.82 bits per heavy atom. The van der Waals surface area contributed by atoms with Gasteiger partial charge >= 0.3 is 6.18 Å². The lowest BCUT2D eigenvalue weighted by Gasteiger charge is -2.26. The van der Waals surface area contributed by atoms with Crippen molar-refractivity contribution in [1.82, 2.24) is 14.5 Å². The van der Waals surface area contributed by atoms with E-state index in [1.54, 1.807) is 6.07 Å². The Morgan fingerprint density at radius 1 is 1.15 bits per heavy atom. The van der Waals surface area contributed by atoms with Crippen LogP contribution in [0.5, 0.6) is 0 Å². The number of fused-ring (bicyclic) bond motifs is 1. The van der Waals surface area contributed by atoms with Crippen molar-refractivity contribution >= 4 is 32.5 Å². The molecule has 184 valence electrons. The first kappa shape index (κ1) is 24.9. The van der Waals surface area contributed by atoms with Gasteiger partial charge in [0.05, 0.1) is 26.5 Å². The van der Waals surface area contributed by atoms with Gasteiger partial charge in [-0.1, -0.05) is 32.4 Å². The number of hydrogen-bond donors (Lipinski definition) is 0. The summed E-state index contributed by atoms with van der Waals surface area (Å²) in [5, 5.41) is -1.21. The highest BCUT2D eigenvalue weighted by molar-refractivity contribution is 7.91. The predicted octanol–water partition coefficient (Wildman–Crippen LogP) is 5.66.